The van der Waals surface area contributed by atoms with E-state index in [4.69, 9.17) is 0 Å². The van der Waals surface area contributed by atoms with E-state index >= 15 is 0 Å². The van der Waals surface area contributed by atoms with Crippen LogP contribution in [-0.2, 0) is 12.8 Å². The lowest BCUT2D eigenvalue weighted by Gasteiger charge is -2.10. The Morgan fingerprint density at radius 3 is 2.43 bits per heavy atom. The largest absolute Gasteiger partial charge is 0.282 e. The number of nitrogens with zero attached hydrogens (tertiary/aromatic N) is 3. The summed E-state index contributed by atoms with van der Waals surface area (Å²) in [5, 5.41) is 9.89. The third-order valence-electron chi connectivity index (χ3n) is 5.98. The van der Waals surface area contributed by atoms with Crippen molar-refractivity contribution in [1.29, 1.82) is 0 Å². The molecular weight excluding hydrogens is 390 g/mol. The maximum Gasteiger partial charge on any atom is 0.282 e. The molecule has 5 heteroatoms. The van der Waals surface area contributed by atoms with Crippen molar-refractivity contribution >= 4 is 49.3 Å². The van der Waals surface area contributed by atoms with E-state index in [1.165, 1.54) is 21.5 Å². The van der Waals surface area contributed by atoms with Crippen LogP contribution in [0.3, 0.4) is 0 Å². The van der Waals surface area contributed by atoms with Gasteiger partial charge in [-0.15, -0.1) is 11.3 Å². The maximum absolute atomic E-state index is 13.2. The molecule has 2 aromatic heterocycles. The summed E-state index contributed by atoms with van der Waals surface area (Å²) in [7, 11) is 0. The zero-order valence-corrected chi connectivity index (χ0v) is 17.2. The van der Waals surface area contributed by atoms with Gasteiger partial charge in [-0.3, -0.25) is 4.79 Å². The summed E-state index contributed by atoms with van der Waals surface area (Å²) in [5.41, 5.74) is 2.14. The van der Waals surface area contributed by atoms with Crippen LogP contribution in [-0.4, -0.2) is 15.9 Å². The fourth-order valence-electron chi connectivity index (χ4n) is 4.53. The van der Waals surface area contributed by atoms with Crippen LogP contribution in [0.4, 0.5) is 0 Å². The topological polar surface area (TPSA) is 47.2 Å². The van der Waals surface area contributed by atoms with Gasteiger partial charge < -0.3 is 0 Å². The zero-order valence-electron chi connectivity index (χ0n) is 16.3. The van der Waals surface area contributed by atoms with Crippen molar-refractivity contribution in [3.8, 4) is 0 Å². The molecule has 0 aliphatic heterocycles. The molecule has 5 aromatic rings. The molecule has 0 saturated heterocycles. The van der Waals surface area contributed by atoms with Crippen LogP contribution in [0, 0.1) is 0 Å². The van der Waals surface area contributed by atoms with E-state index in [0.717, 1.165) is 56.6 Å². The molecule has 0 unspecified atom stereocenters. The van der Waals surface area contributed by atoms with Gasteiger partial charge in [0.05, 0.1) is 11.6 Å². The van der Waals surface area contributed by atoms with Gasteiger partial charge in [0, 0.05) is 10.4 Å². The van der Waals surface area contributed by atoms with Crippen molar-refractivity contribution in [3.05, 3.63) is 87.3 Å². The molecule has 30 heavy (non-hydrogen) atoms. The Morgan fingerprint density at radius 1 is 0.967 bits per heavy atom. The summed E-state index contributed by atoms with van der Waals surface area (Å²) < 4.78 is 1.39. The highest BCUT2D eigenvalue weighted by Gasteiger charge is 2.19. The molecule has 0 radical (unpaired) electrons. The second-order valence-corrected chi connectivity index (χ2v) is 8.85. The molecule has 146 valence electrons. The van der Waals surface area contributed by atoms with E-state index < -0.39 is 0 Å². The van der Waals surface area contributed by atoms with Crippen LogP contribution in [0.1, 0.15) is 28.8 Å². The predicted octanol–water partition coefficient (Wildman–Crippen LogP) is 5.53. The number of thiophene rings is 1. The Hall–Kier alpha value is -3.31. The average molecular weight is 410 g/mol. The molecule has 3 aromatic carbocycles. The number of fused-ring (bicyclic) bond motifs is 5. The average Bonchev–Trinajstić information content (AvgIpc) is 3.17. The smallest absolute Gasteiger partial charge is 0.267 e. The van der Waals surface area contributed by atoms with E-state index in [2.05, 4.69) is 40.4 Å². The number of benzene rings is 3. The Balaban J connectivity index is 1.55. The van der Waals surface area contributed by atoms with Crippen LogP contribution in [0.25, 0.3) is 31.8 Å². The van der Waals surface area contributed by atoms with Crippen LogP contribution in [0.5, 0.6) is 0 Å². The minimum absolute atomic E-state index is 0.0693. The summed E-state index contributed by atoms with van der Waals surface area (Å²) in [6.45, 7) is 0. The van der Waals surface area contributed by atoms with Gasteiger partial charge in [-0.05, 0) is 58.9 Å². The molecule has 6 rings (SSSR count). The van der Waals surface area contributed by atoms with E-state index in [-0.39, 0.29) is 5.56 Å². The van der Waals surface area contributed by atoms with Crippen LogP contribution in [0.2, 0.25) is 0 Å². The highest BCUT2D eigenvalue weighted by Crippen LogP contribution is 2.33. The lowest BCUT2D eigenvalue weighted by atomic mass is 9.97. The molecule has 0 spiro atoms. The first-order valence-electron chi connectivity index (χ1n) is 10.3. The molecule has 0 bridgehead atoms. The number of aromatic nitrogens is 2. The van der Waals surface area contributed by atoms with Gasteiger partial charge in [0.25, 0.3) is 5.56 Å². The Kier molecular flexibility index (Phi) is 4.03. The summed E-state index contributed by atoms with van der Waals surface area (Å²) >= 11 is 1.66. The van der Waals surface area contributed by atoms with Gasteiger partial charge in [0.15, 0.2) is 0 Å². The normalized spacial score (nSPS) is 14.1. The minimum atomic E-state index is -0.0693. The number of aryl methyl sites for hydroxylation is 2. The van der Waals surface area contributed by atoms with Crippen molar-refractivity contribution < 1.29 is 0 Å². The van der Waals surface area contributed by atoms with Crippen molar-refractivity contribution in [3.63, 3.8) is 0 Å². The lowest BCUT2D eigenvalue weighted by Crippen LogP contribution is -2.18. The first-order valence-corrected chi connectivity index (χ1v) is 11.1. The third-order valence-corrected chi connectivity index (χ3v) is 7.18. The molecule has 0 amide bonds. The summed E-state index contributed by atoms with van der Waals surface area (Å²) in [6.07, 6.45) is 7.71. The van der Waals surface area contributed by atoms with Crippen molar-refractivity contribution in [2.75, 3.05) is 0 Å². The molecule has 0 atom stereocenters. The summed E-state index contributed by atoms with van der Waals surface area (Å²) in [4.78, 5) is 19.9. The molecular formula is C25H19N3OS. The Morgan fingerprint density at radius 2 is 1.67 bits per heavy atom. The van der Waals surface area contributed by atoms with Crippen molar-refractivity contribution in [2.45, 2.75) is 25.7 Å². The fraction of sp³-hybridized carbons (Fsp3) is 0.160. The van der Waals surface area contributed by atoms with Crippen LogP contribution < -0.4 is 5.56 Å². The predicted molar refractivity (Wildman–Crippen MR) is 125 cm³/mol. The second-order valence-electron chi connectivity index (χ2n) is 7.76. The fourth-order valence-corrected chi connectivity index (χ4v) is 5.75. The molecule has 0 N–H and O–H groups in total. The zero-order chi connectivity index (χ0) is 20.1. The summed E-state index contributed by atoms with van der Waals surface area (Å²) in [6, 6.07) is 18.8. The highest BCUT2D eigenvalue weighted by molar-refractivity contribution is 7.18. The van der Waals surface area contributed by atoms with E-state index in [0.29, 0.717) is 0 Å². The second kappa shape index (κ2) is 6.89. The maximum atomic E-state index is 13.2. The standard InChI is InChI=1S/C25H19N3OS/c29-25-23-20-11-5-6-12-22(20)30-24(23)26-15-28(25)27-14-21-18-9-3-1-7-16(18)13-17-8-2-4-10-19(17)21/h1-4,7-10,13-15H,5-6,11-12H2/b27-14+. The van der Waals surface area contributed by atoms with E-state index in [9.17, 15) is 4.79 Å². The molecule has 0 fully saturated rings. The van der Waals surface area contributed by atoms with Gasteiger partial charge in [-0.2, -0.15) is 9.78 Å². The Bertz CT molecular complexity index is 1470. The van der Waals surface area contributed by atoms with Crippen molar-refractivity contribution in [1.82, 2.24) is 9.66 Å². The van der Waals surface area contributed by atoms with Gasteiger partial charge in [0.1, 0.15) is 11.2 Å². The van der Waals surface area contributed by atoms with Gasteiger partial charge in [-0.1, -0.05) is 48.5 Å². The molecule has 0 saturated carbocycles. The monoisotopic (exact) mass is 409 g/mol. The SMILES string of the molecule is O=c1c2c3c(sc2ncn1/N=C/c1c2ccccc2cc2ccccc12)CCCC3. The Labute approximate surface area is 177 Å². The van der Waals surface area contributed by atoms with E-state index in [1.54, 1.807) is 23.9 Å². The van der Waals surface area contributed by atoms with E-state index in [1.807, 2.05) is 24.3 Å². The van der Waals surface area contributed by atoms with Gasteiger partial charge in [0.2, 0.25) is 0 Å². The van der Waals surface area contributed by atoms with Crippen LogP contribution >= 0.6 is 11.3 Å². The minimum Gasteiger partial charge on any atom is -0.267 e. The first kappa shape index (κ1) is 17.5. The summed E-state index contributed by atoms with van der Waals surface area (Å²) in [5.74, 6) is 0. The number of rotatable bonds is 2. The highest BCUT2D eigenvalue weighted by atomic mass is 32.1. The molecule has 4 nitrogen and oxygen atoms in total. The molecule has 2 heterocycles. The molecule has 1 aliphatic carbocycles. The lowest BCUT2D eigenvalue weighted by molar-refractivity contribution is 0.699. The number of hydrogen-bond donors (Lipinski definition) is 0. The molecule has 1 aliphatic rings. The van der Waals surface area contributed by atoms with Crippen molar-refractivity contribution in [2.24, 2.45) is 5.10 Å². The number of hydrogen-bond acceptors (Lipinski definition) is 4. The quantitative estimate of drug-likeness (QED) is 0.284. The first-order chi connectivity index (χ1) is 14.8. The van der Waals surface area contributed by atoms with Gasteiger partial charge in [-0.25, -0.2) is 4.98 Å². The van der Waals surface area contributed by atoms with Crippen LogP contribution in [0.15, 0.2) is 70.8 Å². The van der Waals surface area contributed by atoms with Gasteiger partial charge >= 0.3 is 0 Å². The third kappa shape index (κ3) is 2.70.